The molecular formula is C20H18O2S. The molecule has 0 spiro atoms. The van der Waals surface area contributed by atoms with Gasteiger partial charge in [0.25, 0.3) is 0 Å². The van der Waals surface area contributed by atoms with Crippen LogP contribution in [0.3, 0.4) is 0 Å². The summed E-state index contributed by atoms with van der Waals surface area (Å²) in [6.45, 7) is 0. The molecule has 0 unspecified atom stereocenters. The van der Waals surface area contributed by atoms with Gasteiger partial charge in [-0.2, -0.15) is 0 Å². The van der Waals surface area contributed by atoms with Crippen LogP contribution in [0.5, 0.6) is 0 Å². The van der Waals surface area contributed by atoms with E-state index in [9.17, 15) is 4.79 Å². The summed E-state index contributed by atoms with van der Waals surface area (Å²) in [5.74, 6) is 1.51. The zero-order chi connectivity index (χ0) is 15.9. The van der Waals surface area contributed by atoms with Gasteiger partial charge in [0.15, 0.2) is 0 Å². The lowest BCUT2D eigenvalue weighted by atomic mass is 10.1. The summed E-state index contributed by atoms with van der Waals surface area (Å²) in [5.41, 5.74) is 2.21. The lowest BCUT2D eigenvalue weighted by Gasteiger charge is -2.04. The maximum atomic E-state index is 12.1. The highest BCUT2D eigenvalue weighted by Crippen LogP contribution is 2.20. The second-order valence-corrected chi connectivity index (χ2v) is 6.33. The van der Waals surface area contributed by atoms with Crippen LogP contribution >= 0.6 is 11.8 Å². The SMILES string of the molecule is O=c1oc(CCc2ccccc2)ccc1SCc1ccccc1. The number of thioether (sulfide) groups is 1. The van der Waals surface area contributed by atoms with Gasteiger partial charge in [0.05, 0.1) is 4.90 Å². The molecule has 23 heavy (non-hydrogen) atoms. The molecule has 0 fully saturated rings. The third kappa shape index (κ3) is 4.60. The van der Waals surface area contributed by atoms with E-state index in [4.69, 9.17) is 4.42 Å². The molecule has 0 atom stereocenters. The minimum Gasteiger partial charge on any atom is -0.427 e. The van der Waals surface area contributed by atoms with Crippen molar-refractivity contribution in [2.24, 2.45) is 0 Å². The van der Waals surface area contributed by atoms with E-state index in [0.29, 0.717) is 4.90 Å². The van der Waals surface area contributed by atoms with Crippen molar-refractivity contribution < 1.29 is 4.42 Å². The number of benzene rings is 2. The minimum atomic E-state index is -0.239. The predicted octanol–water partition coefficient (Wildman–Crippen LogP) is 4.72. The van der Waals surface area contributed by atoms with Gasteiger partial charge in [0, 0.05) is 12.2 Å². The van der Waals surface area contributed by atoms with E-state index < -0.39 is 0 Å². The van der Waals surface area contributed by atoms with Gasteiger partial charge in [-0.25, -0.2) is 4.79 Å². The Bertz CT molecular complexity index is 795. The molecule has 0 saturated heterocycles. The van der Waals surface area contributed by atoms with E-state index >= 15 is 0 Å². The van der Waals surface area contributed by atoms with E-state index in [1.165, 1.54) is 22.9 Å². The third-order valence-corrected chi connectivity index (χ3v) is 4.68. The van der Waals surface area contributed by atoms with Gasteiger partial charge in [-0.1, -0.05) is 60.7 Å². The molecule has 3 aromatic rings. The fourth-order valence-electron chi connectivity index (χ4n) is 2.33. The Balaban J connectivity index is 1.60. The molecule has 116 valence electrons. The molecule has 0 bridgehead atoms. The molecule has 0 saturated carbocycles. The Morgan fingerprint density at radius 2 is 1.39 bits per heavy atom. The standard InChI is InChI=1S/C20H18O2S/c21-20-19(23-15-17-9-5-2-6-10-17)14-13-18(22-20)12-11-16-7-3-1-4-8-16/h1-10,13-14H,11-12,15H2. The highest BCUT2D eigenvalue weighted by Gasteiger charge is 2.05. The first kappa shape index (κ1) is 15.6. The summed E-state index contributed by atoms with van der Waals surface area (Å²) < 4.78 is 5.44. The molecule has 0 aliphatic heterocycles. The van der Waals surface area contributed by atoms with Gasteiger partial charge >= 0.3 is 5.63 Å². The lowest BCUT2D eigenvalue weighted by molar-refractivity contribution is 0.445. The van der Waals surface area contributed by atoms with Gasteiger partial charge in [-0.05, 0) is 29.7 Å². The Labute approximate surface area is 140 Å². The summed E-state index contributed by atoms with van der Waals surface area (Å²) in [6, 6.07) is 24.1. The van der Waals surface area contributed by atoms with E-state index in [0.717, 1.165) is 24.4 Å². The summed E-state index contributed by atoms with van der Waals surface area (Å²) >= 11 is 1.52. The second-order valence-electron chi connectivity index (χ2n) is 5.31. The summed E-state index contributed by atoms with van der Waals surface area (Å²) in [5, 5.41) is 0. The Hall–Kier alpha value is -2.26. The van der Waals surface area contributed by atoms with Crippen LogP contribution in [0, 0.1) is 0 Å². The largest absolute Gasteiger partial charge is 0.427 e. The number of rotatable bonds is 6. The van der Waals surface area contributed by atoms with Crippen molar-refractivity contribution in [2.75, 3.05) is 0 Å². The molecule has 0 aliphatic rings. The van der Waals surface area contributed by atoms with Crippen LogP contribution in [0.2, 0.25) is 0 Å². The van der Waals surface area contributed by atoms with Crippen LogP contribution < -0.4 is 5.63 Å². The van der Waals surface area contributed by atoms with E-state index in [1.54, 1.807) is 0 Å². The van der Waals surface area contributed by atoms with Crippen LogP contribution in [0.15, 0.2) is 86.9 Å². The molecule has 0 amide bonds. The average Bonchev–Trinajstić information content (AvgIpc) is 2.61. The lowest BCUT2D eigenvalue weighted by Crippen LogP contribution is -2.04. The van der Waals surface area contributed by atoms with E-state index in [2.05, 4.69) is 24.3 Å². The highest BCUT2D eigenvalue weighted by molar-refractivity contribution is 7.98. The molecule has 1 heterocycles. The van der Waals surface area contributed by atoms with E-state index in [-0.39, 0.29) is 5.63 Å². The molecular weight excluding hydrogens is 304 g/mol. The van der Waals surface area contributed by atoms with Gasteiger partial charge in [-0.15, -0.1) is 11.8 Å². The Morgan fingerprint density at radius 1 is 0.739 bits per heavy atom. The van der Waals surface area contributed by atoms with Crippen molar-refractivity contribution >= 4 is 11.8 Å². The molecule has 2 nitrogen and oxygen atoms in total. The number of hydrogen-bond donors (Lipinski definition) is 0. The second kappa shape index (κ2) is 7.84. The van der Waals surface area contributed by atoms with Crippen LogP contribution in [0.1, 0.15) is 16.9 Å². The van der Waals surface area contributed by atoms with Crippen molar-refractivity contribution in [1.82, 2.24) is 0 Å². The molecule has 1 aromatic heterocycles. The van der Waals surface area contributed by atoms with E-state index in [1.807, 2.05) is 48.5 Å². The fraction of sp³-hybridized carbons (Fsp3) is 0.150. The predicted molar refractivity (Wildman–Crippen MR) is 94.8 cm³/mol. The Kier molecular flexibility index (Phi) is 5.33. The zero-order valence-corrected chi connectivity index (χ0v) is 13.6. The summed E-state index contributed by atoms with van der Waals surface area (Å²) in [7, 11) is 0. The van der Waals surface area contributed by atoms with Crippen molar-refractivity contribution in [3.05, 3.63) is 100 Å². The average molecular weight is 322 g/mol. The molecule has 3 rings (SSSR count). The molecule has 3 heteroatoms. The number of hydrogen-bond acceptors (Lipinski definition) is 3. The molecule has 0 N–H and O–H groups in total. The molecule has 0 aliphatic carbocycles. The van der Waals surface area contributed by atoms with Crippen LogP contribution in [0.25, 0.3) is 0 Å². The van der Waals surface area contributed by atoms with Gasteiger partial charge in [0.1, 0.15) is 5.76 Å². The van der Waals surface area contributed by atoms with Crippen LogP contribution in [-0.2, 0) is 18.6 Å². The van der Waals surface area contributed by atoms with Gasteiger partial charge < -0.3 is 4.42 Å². The topological polar surface area (TPSA) is 30.2 Å². The minimum absolute atomic E-state index is 0.239. The van der Waals surface area contributed by atoms with Crippen LogP contribution in [0.4, 0.5) is 0 Å². The normalized spacial score (nSPS) is 10.6. The summed E-state index contributed by atoms with van der Waals surface area (Å²) in [4.78, 5) is 12.7. The first-order chi connectivity index (χ1) is 11.3. The first-order valence-corrected chi connectivity index (χ1v) is 8.63. The monoisotopic (exact) mass is 322 g/mol. The molecule has 2 aromatic carbocycles. The quantitative estimate of drug-likeness (QED) is 0.615. The van der Waals surface area contributed by atoms with Gasteiger partial charge in [0.2, 0.25) is 0 Å². The number of aryl methyl sites for hydroxylation is 2. The fourth-order valence-corrected chi connectivity index (χ4v) is 3.17. The smallest absolute Gasteiger partial charge is 0.349 e. The Morgan fingerprint density at radius 3 is 2.04 bits per heavy atom. The van der Waals surface area contributed by atoms with Crippen LogP contribution in [-0.4, -0.2) is 0 Å². The van der Waals surface area contributed by atoms with Crippen molar-refractivity contribution in [3.63, 3.8) is 0 Å². The van der Waals surface area contributed by atoms with Crippen molar-refractivity contribution in [2.45, 2.75) is 23.5 Å². The maximum absolute atomic E-state index is 12.1. The highest BCUT2D eigenvalue weighted by atomic mass is 32.2. The van der Waals surface area contributed by atoms with Gasteiger partial charge in [-0.3, -0.25) is 0 Å². The zero-order valence-electron chi connectivity index (χ0n) is 12.8. The third-order valence-electron chi connectivity index (χ3n) is 3.59. The summed E-state index contributed by atoms with van der Waals surface area (Å²) in [6.07, 6.45) is 1.61. The first-order valence-electron chi connectivity index (χ1n) is 7.65. The van der Waals surface area contributed by atoms with Crippen molar-refractivity contribution in [3.8, 4) is 0 Å². The van der Waals surface area contributed by atoms with Crippen molar-refractivity contribution in [1.29, 1.82) is 0 Å². The molecule has 0 radical (unpaired) electrons. The maximum Gasteiger partial charge on any atom is 0.349 e.